The molecule has 4 heteroatoms. The highest BCUT2D eigenvalue weighted by molar-refractivity contribution is 5.94. The van der Waals surface area contributed by atoms with Crippen molar-refractivity contribution >= 4 is 16.9 Å². The summed E-state index contributed by atoms with van der Waals surface area (Å²) in [6.45, 7) is 4.73. The minimum atomic E-state index is -0.253. The molecule has 0 unspecified atom stereocenters. The van der Waals surface area contributed by atoms with Crippen LogP contribution < -0.4 is 4.74 Å². The van der Waals surface area contributed by atoms with Gasteiger partial charge in [-0.15, -0.1) is 0 Å². The standard InChI is InChI=1S/C27H26O4/c1-3-20-9-5-7-11-23(20)24-16-19(15-22-13-14-30-27(22)24)18-31-25-12-8-6-10-21(25)17-26(28)29-4-2/h5-16H,3-4,17-18H2,1-2H3. The van der Waals surface area contributed by atoms with Crippen LogP contribution in [0, 0.1) is 0 Å². The number of para-hydroxylation sites is 1. The lowest BCUT2D eigenvalue weighted by molar-refractivity contribution is -0.142. The minimum Gasteiger partial charge on any atom is -0.489 e. The van der Waals surface area contributed by atoms with Gasteiger partial charge < -0.3 is 13.9 Å². The second-order valence-corrected chi connectivity index (χ2v) is 7.37. The molecule has 0 spiro atoms. The van der Waals surface area contributed by atoms with E-state index >= 15 is 0 Å². The number of aryl methyl sites for hydroxylation is 1. The van der Waals surface area contributed by atoms with Gasteiger partial charge in [0.2, 0.25) is 0 Å². The summed E-state index contributed by atoms with van der Waals surface area (Å²) >= 11 is 0. The molecule has 4 rings (SSSR count). The van der Waals surface area contributed by atoms with Crippen LogP contribution in [-0.2, 0) is 29.0 Å². The number of benzene rings is 3. The summed E-state index contributed by atoms with van der Waals surface area (Å²) in [7, 11) is 0. The molecule has 3 aromatic carbocycles. The van der Waals surface area contributed by atoms with Crippen LogP contribution in [0.4, 0.5) is 0 Å². The quantitative estimate of drug-likeness (QED) is 0.315. The smallest absolute Gasteiger partial charge is 0.310 e. The van der Waals surface area contributed by atoms with E-state index in [4.69, 9.17) is 13.9 Å². The van der Waals surface area contributed by atoms with E-state index < -0.39 is 0 Å². The molecule has 0 bridgehead atoms. The number of esters is 1. The first-order valence-electron chi connectivity index (χ1n) is 10.6. The number of furan rings is 1. The van der Waals surface area contributed by atoms with Gasteiger partial charge in [-0.25, -0.2) is 0 Å². The second-order valence-electron chi connectivity index (χ2n) is 7.37. The van der Waals surface area contributed by atoms with Crippen molar-refractivity contribution in [3.8, 4) is 16.9 Å². The number of hydrogen-bond acceptors (Lipinski definition) is 4. The number of carbonyl (C=O) groups is 1. The molecule has 0 atom stereocenters. The fourth-order valence-corrected chi connectivity index (χ4v) is 3.84. The predicted octanol–water partition coefficient (Wildman–Crippen LogP) is 6.35. The second kappa shape index (κ2) is 9.52. The lowest BCUT2D eigenvalue weighted by atomic mass is 9.95. The third kappa shape index (κ3) is 4.64. The summed E-state index contributed by atoms with van der Waals surface area (Å²) < 4.78 is 17.0. The number of fused-ring (bicyclic) bond motifs is 1. The topological polar surface area (TPSA) is 48.7 Å². The Morgan fingerprint density at radius 2 is 1.68 bits per heavy atom. The summed E-state index contributed by atoms with van der Waals surface area (Å²) in [5, 5.41) is 1.04. The van der Waals surface area contributed by atoms with Crippen molar-refractivity contribution in [3.05, 3.63) is 89.7 Å². The maximum Gasteiger partial charge on any atom is 0.310 e. The number of carbonyl (C=O) groups excluding carboxylic acids is 1. The first-order valence-corrected chi connectivity index (χ1v) is 10.6. The molecule has 0 saturated carbocycles. The van der Waals surface area contributed by atoms with Gasteiger partial charge in [0, 0.05) is 16.5 Å². The third-order valence-electron chi connectivity index (χ3n) is 5.31. The lowest BCUT2D eigenvalue weighted by Crippen LogP contribution is -2.09. The van der Waals surface area contributed by atoms with Crippen molar-refractivity contribution in [3.63, 3.8) is 0 Å². The van der Waals surface area contributed by atoms with E-state index in [9.17, 15) is 4.79 Å². The van der Waals surface area contributed by atoms with E-state index in [0.29, 0.717) is 19.0 Å². The van der Waals surface area contributed by atoms with Crippen LogP contribution in [0.3, 0.4) is 0 Å². The molecule has 4 nitrogen and oxygen atoms in total. The Balaban J connectivity index is 1.63. The summed E-state index contributed by atoms with van der Waals surface area (Å²) in [4.78, 5) is 11.9. The summed E-state index contributed by atoms with van der Waals surface area (Å²) in [5.74, 6) is 0.440. The third-order valence-corrected chi connectivity index (χ3v) is 5.31. The number of hydrogen-bond donors (Lipinski definition) is 0. The van der Waals surface area contributed by atoms with Gasteiger partial charge in [0.25, 0.3) is 0 Å². The molecule has 0 saturated heterocycles. The van der Waals surface area contributed by atoms with Crippen LogP contribution in [-0.4, -0.2) is 12.6 Å². The average molecular weight is 415 g/mol. The van der Waals surface area contributed by atoms with Gasteiger partial charge in [-0.2, -0.15) is 0 Å². The van der Waals surface area contributed by atoms with E-state index in [0.717, 1.165) is 34.1 Å². The van der Waals surface area contributed by atoms with Gasteiger partial charge >= 0.3 is 5.97 Å². The Hall–Kier alpha value is -3.53. The highest BCUT2D eigenvalue weighted by Crippen LogP contribution is 2.34. The monoisotopic (exact) mass is 414 g/mol. The Bertz CT molecular complexity index is 1190. The van der Waals surface area contributed by atoms with Crippen molar-refractivity contribution in [1.29, 1.82) is 0 Å². The van der Waals surface area contributed by atoms with E-state index in [2.05, 4.69) is 43.3 Å². The van der Waals surface area contributed by atoms with E-state index in [-0.39, 0.29) is 12.4 Å². The van der Waals surface area contributed by atoms with Crippen molar-refractivity contribution < 1.29 is 18.7 Å². The molecular formula is C27H26O4. The molecule has 0 amide bonds. The fraction of sp³-hybridized carbons (Fsp3) is 0.222. The SMILES string of the molecule is CCOC(=O)Cc1ccccc1OCc1cc(-c2ccccc2CC)c2occc2c1. The molecule has 0 fully saturated rings. The van der Waals surface area contributed by atoms with Gasteiger partial charge in [0.05, 0.1) is 19.3 Å². The zero-order valence-electron chi connectivity index (χ0n) is 17.9. The molecule has 1 heterocycles. The highest BCUT2D eigenvalue weighted by atomic mass is 16.5. The van der Waals surface area contributed by atoms with Crippen molar-refractivity contribution in [1.82, 2.24) is 0 Å². The zero-order valence-corrected chi connectivity index (χ0v) is 17.9. The van der Waals surface area contributed by atoms with Gasteiger partial charge in [-0.3, -0.25) is 4.79 Å². The highest BCUT2D eigenvalue weighted by Gasteiger charge is 2.14. The molecule has 1 aromatic heterocycles. The molecular weight excluding hydrogens is 388 g/mol. The largest absolute Gasteiger partial charge is 0.489 e. The van der Waals surface area contributed by atoms with Gasteiger partial charge in [-0.1, -0.05) is 49.4 Å². The number of rotatable bonds is 8. The molecule has 0 N–H and O–H groups in total. The molecule has 0 radical (unpaired) electrons. The maximum atomic E-state index is 11.9. The lowest BCUT2D eigenvalue weighted by Gasteiger charge is -2.13. The van der Waals surface area contributed by atoms with Gasteiger partial charge in [-0.05, 0) is 54.3 Å². The molecule has 158 valence electrons. The predicted molar refractivity (Wildman–Crippen MR) is 122 cm³/mol. The van der Waals surface area contributed by atoms with Gasteiger partial charge in [0.1, 0.15) is 17.9 Å². The van der Waals surface area contributed by atoms with E-state index in [1.165, 1.54) is 11.1 Å². The Labute approximate surface area is 182 Å². The van der Waals surface area contributed by atoms with Crippen LogP contribution in [0.25, 0.3) is 22.1 Å². The maximum absolute atomic E-state index is 11.9. The first-order chi connectivity index (χ1) is 15.2. The molecule has 4 aromatic rings. The normalized spacial score (nSPS) is 10.9. The fourth-order valence-electron chi connectivity index (χ4n) is 3.84. The molecule has 0 aliphatic heterocycles. The molecule has 31 heavy (non-hydrogen) atoms. The van der Waals surface area contributed by atoms with Crippen molar-refractivity contribution in [2.24, 2.45) is 0 Å². The summed E-state index contributed by atoms with van der Waals surface area (Å²) in [5.41, 5.74) is 6.26. The average Bonchev–Trinajstić information content (AvgIpc) is 3.27. The Morgan fingerprint density at radius 3 is 2.48 bits per heavy atom. The van der Waals surface area contributed by atoms with Crippen LogP contribution in [0.15, 0.2) is 77.4 Å². The van der Waals surface area contributed by atoms with Gasteiger partial charge in [0.15, 0.2) is 0 Å². The Morgan fingerprint density at radius 1 is 0.903 bits per heavy atom. The van der Waals surface area contributed by atoms with Crippen LogP contribution in [0.5, 0.6) is 5.75 Å². The zero-order chi connectivity index (χ0) is 21.6. The first kappa shape index (κ1) is 20.7. The van der Waals surface area contributed by atoms with E-state index in [1.54, 1.807) is 13.2 Å². The Kier molecular flexibility index (Phi) is 6.37. The van der Waals surface area contributed by atoms with Crippen LogP contribution in [0.1, 0.15) is 30.5 Å². The van der Waals surface area contributed by atoms with Crippen LogP contribution >= 0.6 is 0 Å². The molecule has 0 aliphatic rings. The van der Waals surface area contributed by atoms with Crippen molar-refractivity contribution in [2.75, 3.05) is 6.61 Å². The van der Waals surface area contributed by atoms with Crippen LogP contribution in [0.2, 0.25) is 0 Å². The summed E-state index contributed by atoms with van der Waals surface area (Å²) in [6.07, 6.45) is 2.86. The molecule has 0 aliphatic carbocycles. The van der Waals surface area contributed by atoms with Crippen molar-refractivity contribution in [2.45, 2.75) is 33.3 Å². The number of ether oxygens (including phenoxy) is 2. The minimum absolute atomic E-state index is 0.194. The summed E-state index contributed by atoms with van der Waals surface area (Å²) in [6, 6.07) is 22.2. The van der Waals surface area contributed by atoms with E-state index in [1.807, 2.05) is 30.3 Å².